The smallest absolute Gasteiger partial charge is 0.406 e. The fraction of sp³-hybridized carbons (Fsp3) is 0.318. The Morgan fingerprint density at radius 3 is 2.44 bits per heavy atom. The standard InChI is InChI=1S/C22H21F3N2O4S/c1-15-9-11-26(12-10-15)21(28)20-14-27(18-7-2-3-8-19(18)32(20,29)30)16-5-4-6-17(13-16)31-22(23,24)25/h2-8,13-15H,9-12H2,1H3. The summed E-state index contributed by atoms with van der Waals surface area (Å²) in [6.45, 7) is 2.97. The number of ether oxygens (including phenoxy) is 1. The number of benzene rings is 2. The van der Waals surface area contributed by atoms with Crippen LogP contribution in [0, 0.1) is 5.92 Å². The van der Waals surface area contributed by atoms with Gasteiger partial charge in [-0.25, -0.2) is 8.42 Å². The molecule has 4 rings (SSSR count). The molecule has 0 unspecified atom stereocenters. The topological polar surface area (TPSA) is 66.9 Å². The molecule has 1 amide bonds. The summed E-state index contributed by atoms with van der Waals surface area (Å²) in [7, 11) is -4.11. The number of hydrogen-bond donors (Lipinski definition) is 0. The minimum Gasteiger partial charge on any atom is -0.406 e. The van der Waals surface area contributed by atoms with Crippen molar-refractivity contribution in [2.45, 2.75) is 31.0 Å². The van der Waals surface area contributed by atoms with Crippen LogP contribution < -0.4 is 9.64 Å². The van der Waals surface area contributed by atoms with Crippen LogP contribution in [0.4, 0.5) is 24.5 Å². The Bertz CT molecular complexity index is 1170. The van der Waals surface area contributed by atoms with Crippen LogP contribution in [0.25, 0.3) is 0 Å². The van der Waals surface area contributed by atoms with Gasteiger partial charge in [-0.15, -0.1) is 13.2 Å². The van der Waals surface area contributed by atoms with E-state index in [4.69, 9.17) is 0 Å². The van der Waals surface area contributed by atoms with Gasteiger partial charge in [0.1, 0.15) is 5.75 Å². The first-order chi connectivity index (χ1) is 15.1. The number of sulfone groups is 1. The normalized spacial score (nSPS) is 18.7. The Morgan fingerprint density at radius 2 is 1.75 bits per heavy atom. The minimum absolute atomic E-state index is 0.0848. The molecule has 1 saturated heterocycles. The number of para-hydroxylation sites is 1. The van der Waals surface area contributed by atoms with Gasteiger partial charge in [-0.1, -0.05) is 25.1 Å². The van der Waals surface area contributed by atoms with E-state index in [9.17, 15) is 26.4 Å². The number of halogens is 3. The summed E-state index contributed by atoms with van der Waals surface area (Å²) in [6.07, 6.45) is -2.14. The van der Waals surface area contributed by atoms with Crippen molar-refractivity contribution < 1.29 is 31.1 Å². The van der Waals surface area contributed by atoms with Gasteiger partial charge in [-0.05, 0) is 43.0 Å². The van der Waals surface area contributed by atoms with E-state index < -0.39 is 32.8 Å². The van der Waals surface area contributed by atoms with E-state index in [2.05, 4.69) is 11.7 Å². The minimum atomic E-state index is -4.87. The molecule has 0 radical (unpaired) electrons. The zero-order chi connectivity index (χ0) is 23.1. The number of nitrogens with zero attached hydrogens (tertiary/aromatic N) is 2. The van der Waals surface area contributed by atoms with Gasteiger partial charge >= 0.3 is 6.36 Å². The molecular weight excluding hydrogens is 445 g/mol. The number of carbonyl (C=O) groups is 1. The van der Waals surface area contributed by atoms with Crippen LogP contribution in [-0.2, 0) is 14.6 Å². The van der Waals surface area contributed by atoms with Crippen molar-refractivity contribution in [2.24, 2.45) is 5.92 Å². The Labute approximate surface area is 183 Å². The SMILES string of the molecule is CC1CCN(C(=O)C2=CN(c3cccc(OC(F)(F)F)c3)c3ccccc3S2(=O)=O)CC1. The third-order valence-electron chi connectivity index (χ3n) is 5.56. The molecule has 0 aromatic heterocycles. The average Bonchev–Trinajstić information content (AvgIpc) is 2.73. The maximum absolute atomic E-state index is 13.3. The number of fused-ring (bicyclic) bond motifs is 1. The summed E-state index contributed by atoms with van der Waals surface area (Å²) in [5.74, 6) is -0.615. The van der Waals surface area contributed by atoms with Gasteiger partial charge in [-0.3, -0.25) is 4.79 Å². The second-order valence-electron chi connectivity index (χ2n) is 7.85. The Morgan fingerprint density at radius 1 is 1.06 bits per heavy atom. The fourth-order valence-corrected chi connectivity index (χ4v) is 5.38. The van der Waals surface area contributed by atoms with Gasteiger partial charge in [0.2, 0.25) is 9.84 Å². The van der Waals surface area contributed by atoms with Gasteiger partial charge in [0.25, 0.3) is 5.91 Å². The zero-order valence-corrected chi connectivity index (χ0v) is 18.0. The summed E-state index contributed by atoms with van der Waals surface area (Å²) in [6, 6.07) is 11.2. The van der Waals surface area contributed by atoms with Crippen molar-refractivity contribution in [1.29, 1.82) is 0 Å². The summed E-state index contributed by atoms with van der Waals surface area (Å²) >= 11 is 0. The number of likely N-dealkylation sites (tertiary alicyclic amines) is 1. The molecule has 2 aromatic rings. The quantitative estimate of drug-likeness (QED) is 0.661. The molecule has 0 N–H and O–H groups in total. The second-order valence-corrected chi connectivity index (χ2v) is 9.74. The Balaban J connectivity index is 1.78. The van der Waals surface area contributed by atoms with Crippen molar-refractivity contribution in [3.63, 3.8) is 0 Å². The van der Waals surface area contributed by atoms with Gasteiger partial charge in [0.05, 0.1) is 10.6 Å². The summed E-state index contributed by atoms with van der Waals surface area (Å²) in [4.78, 5) is 15.6. The highest BCUT2D eigenvalue weighted by atomic mass is 32.2. The van der Waals surface area contributed by atoms with E-state index in [1.54, 1.807) is 6.07 Å². The Kier molecular flexibility index (Phi) is 5.66. The predicted octanol–water partition coefficient (Wildman–Crippen LogP) is 4.61. The van der Waals surface area contributed by atoms with Crippen LogP contribution in [0.5, 0.6) is 5.75 Å². The molecule has 170 valence electrons. The van der Waals surface area contributed by atoms with E-state index >= 15 is 0 Å². The van der Waals surface area contributed by atoms with Crippen molar-refractivity contribution in [2.75, 3.05) is 18.0 Å². The molecule has 0 aliphatic carbocycles. The molecule has 32 heavy (non-hydrogen) atoms. The maximum Gasteiger partial charge on any atom is 0.573 e. The number of amides is 1. The van der Waals surface area contributed by atoms with Gasteiger partial charge in [-0.2, -0.15) is 0 Å². The number of carbonyl (C=O) groups excluding carboxylic acids is 1. The second kappa shape index (κ2) is 8.16. The third kappa shape index (κ3) is 4.32. The first-order valence-corrected chi connectivity index (χ1v) is 11.5. The van der Waals surface area contributed by atoms with Gasteiger partial charge in [0, 0.05) is 31.0 Å². The van der Waals surface area contributed by atoms with E-state index in [1.807, 2.05) is 0 Å². The third-order valence-corrected chi connectivity index (χ3v) is 7.34. The number of piperidine rings is 1. The van der Waals surface area contributed by atoms with Crippen LogP contribution >= 0.6 is 0 Å². The van der Waals surface area contributed by atoms with E-state index in [-0.39, 0.29) is 16.3 Å². The molecule has 2 aliphatic heterocycles. The molecule has 1 fully saturated rings. The summed E-state index contributed by atoms with van der Waals surface area (Å²) in [5.41, 5.74) is 0.465. The van der Waals surface area contributed by atoms with E-state index in [1.165, 1.54) is 46.3 Å². The predicted molar refractivity (Wildman–Crippen MR) is 112 cm³/mol. The molecule has 2 heterocycles. The Hall–Kier alpha value is -3.01. The fourth-order valence-electron chi connectivity index (χ4n) is 3.84. The monoisotopic (exact) mass is 466 g/mol. The van der Waals surface area contributed by atoms with Crippen LogP contribution in [0.1, 0.15) is 19.8 Å². The van der Waals surface area contributed by atoms with E-state index in [0.29, 0.717) is 19.0 Å². The van der Waals surface area contributed by atoms with Crippen LogP contribution in [0.3, 0.4) is 0 Å². The molecule has 0 saturated carbocycles. The summed E-state index contributed by atoms with van der Waals surface area (Å²) < 4.78 is 68.6. The largest absolute Gasteiger partial charge is 0.573 e. The molecule has 0 bridgehead atoms. The molecule has 0 atom stereocenters. The number of rotatable bonds is 3. The van der Waals surface area contributed by atoms with Crippen molar-refractivity contribution >= 4 is 27.1 Å². The van der Waals surface area contributed by atoms with Crippen LogP contribution in [-0.4, -0.2) is 38.7 Å². The number of hydrogen-bond acceptors (Lipinski definition) is 5. The lowest BCUT2D eigenvalue weighted by atomic mass is 9.99. The van der Waals surface area contributed by atoms with Gasteiger partial charge < -0.3 is 14.5 Å². The lowest BCUT2D eigenvalue weighted by Gasteiger charge is -2.33. The van der Waals surface area contributed by atoms with Crippen molar-refractivity contribution in [1.82, 2.24) is 4.90 Å². The van der Waals surface area contributed by atoms with Crippen LogP contribution in [0.2, 0.25) is 0 Å². The first kappa shape index (κ1) is 22.2. The molecule has 0 spiro atoms. The zero-order valence-electron chi connectivity index (χ0n) is 17.2. The highest BCUT2D eigenvalue weighted by Crippen LogP contribution is 2.41. The van der Waals surface area contributed by atoms with E-state index in [0.717, 1.165) is 25.0 Å². The highest BCUT2D eigenvalue weighted by molar-refractivity contribution is 7.96. The highest BCUT2D eigenvalue weighted by Gasteiger charge is 2.38. The van der Waals surface area contributed by atoms with Crippen molar-refractivity contribution in [3.8, 4) is 5.75 Å². The van der Waals surface area contributed by atoms with Crippen LogP contribution in [0.15, 0.2) is 64.5 Å². The number of anilines is 2. The molecular formula is C22H21F3N2O4S. The first-order valence-electron chi connectivity index (χ1n) is 10.1. The molecule has 2 aromatic carbocycles. The maximum atomic E-state index is 13.3. The molecule has 10 heteroatoms. The van der Waals surface area contributed by atoms with Gasteiger partial charge in [0.15, 0.2) is 4.91 Å². The van der Waals surface area contributed by atoms with Crippen molar-refractivity contribution in [3.05, 3.63) is 59.6 Å². The number of alkyl halides is 3. The summed E-state index contributed by atoms with van der Waals surface area (Å²) in [5, 5.41) is 0. The lowest BCUT2D eigenvalue weighted by Crippen LogP contribution is -2.41. The average molecular weight is 466 g/mol. The lowest BCUT2D eigenvalue weighted by molar-refractivity contribution is -0.274. The molecule has 6 nitrogen and oxygen atoms in total. The molecule has 2 aliphatic rings.